The van der Waals surface area contributed by atoms with Gasteiger partial charge in [0, 0.05) is 25.5 Å². The molecule has 19 heavy (non-hydrogen) atoms. The number of anilines is 2. The molecule has 0 atom stereocenters. The van der Waals surface area contributed by atoms with Crippen LogP contribution in [-0.2, 0) is 0 Å². The van der Waals surface area contributed by atoms with Crippen molar-refractivity contribution in [1.82, 2.24) is 4.98 Å². The second-order valence-electron chi connectivity index (χ2n) is 4.24. The Bertz CT molecular complexity index is 599. The highest BCUT2D eigenvalue weighted by atomic mass is 35.5. The minimum atomic E-state index is -0.279. The Morgan fingerprint density at radius 3 is 2.63 bits per heavy atom. The summed E-state index contributed by atoms with van der Waals surface area (Å²) in [5.41, 5.74) is 2.03. The zero-order chi connectivity index (χ0) is 13.8. The SMILES string of the molecule is CN(C)c1cccc(NC(=O)c2cccc(Cl)n2)c1. The fourth-order valence-corrected chi connectivity index (χ4v) is 1.76. The number of carbonyl (C=O) groups is 1. The Balaban J connectivity index is 2.17. The van der Waals surface area contributed by atoms with Crippen molar-refractivity contribution in [3.05, 3.63) is 53.3 Å². The van der Waals surface area contributed by atoms with Gasteiger partial charge in [-0.25, -0.2) is 4.98 Å². The molecule has 1 aromatic carbocycles. The molecule has 1 N–H and O–H groups in total. The number of rotatable bonds is 3. The topological polar surface area (TPSA) is 45.2 Å². The summed E-state index contributed by atoms with van der Waals surface area (Å²) in [6, 6.07) is 12.5. The molecule has 0 aliphatic heterocycles. The fourth-order valence-electron chi connectivity index (χ4n) is 1.59. The van der Waals surface area contributed by atoms with E-state index >= 15 is 0 Å². The van der Waals surface area contributed by atoms with Gasteiger partial charge in [0.25, 0.3) is 5.91 Å². The van der Waals surface area contributed by atoms with Crippen molar-refractivity contribution >= 4 is 28.9 Å². The number of hydrogen-bond donors (Lipinski definition) is 1. The van der Waals surface area contributed by atoms with Crippen molar-refractivity contribution in [2.45, 2.75) is 0 Å². The Hall–Kier alpha value is -2.07. The van der Waals surface area contributed by atoms with Crippen molar-refractivity contribution in [3.63, 3.8) is 0 Å². The summed E-state index contributed by atoms with van der Waals surface area (Å²) in [5.74, 6) is -0.279. The standard InChI is InChI=1S/C14H14ClN3O/c1-18(2)11-6-3-5-10(9-11)16-14(19)12-7-4-8-13(15)17-12/h3-9H,1-2H3,(H,16,19). The lowest BCUT2D eigenvalue weighted by Crippen LogP contribution is -2.14. The summed E-state index contributed by atoms with van der Waals surface area (Å²) in [5, 5.41) is 3.09. The molecular formula is C14H14ClN3O. The molecule has 0 fully saturated rings. The van der Waals surface area contributed by atoms with Gasteiger partial charge in [0.15, 0.2) is 0 Å². The van der Waals surface area contributed by atoms with Gasteiger partial charge in [0.05, 0.1) is 0 Å². The van der Waals surface area contributed by atoms with Crippen LogP contribution in [-0.4, -0.2) is 25.0 Å². The monoisotopic (exact) mass is 275 g/mol. The van der Waals surface area contributed by atoms with Gasteiger partial charge in [-0.05, 0) is 30.3 Å². The first-order chi connectivity index (χ1) is 9.06. The molecule has 2 aromatic rings. The van der Waals surface area contributed by atoms with Gasteiger partial charge >= 0.3 is 0 Å². The first kappa shape index (κ1) is 13.4. The highest BCUT2D eigenvalue weighted by Crippen LogP contribution is 2.18. The van der Waals surface area contributed by atoms with Gasteiger partial charge in [-0.2, -0.15) is 0 Å². The van der Waals surface area contributed by atoms with Crippen LogP contribution in [0.1, 0.15) is 10.5 Å². The van der Waals surface area contributed by atoms with E-state index in [2.05, 4.69) is 10.3 Å². The maximum atomic E-state index is 12.0. The highest BCUT2D eigenvalue weighted by Gasteiger charge is 2.08. The number of aromatic nitrogens is 1. The number of nitrogens with one attached hydrogen (secondary N) is 1. The number of nitrogens with zero attached hydrogens (tertiary/aromatic N) is 2. The van der Waals surface area contributed by atoms with Gasteiger partial charge in [0.2, 0.25) is 0 Å². The molecule has 5 heteroatoms. The van der Waals surface area contributed by atoms with Crippen LogP contribution in [0, 0.1) is 0 Å². The van der Waals surface area contributed by atoms with Gasteiger partial charge in [-0.15, -0.1) is 0 Å². The van der Waals surface area contributed by atoms with Gasteiger partial charge < -0.3 is 10.2 Å². The summed E-state index contributed by atoms with van der Waals surface area (Å²) in [6.45, 7) is 0. The third-order valence-electron chi connectivity index (χ3n) is 2.57. The van der Waals surface area contributed by atoms with Crippen LogP contribution in [0.5, 0.6) is 0 Å². The van der Waals surface area contributed by atoms with Crippen molar-refractivity contribution < 1.29 is 4.79 Å². The molecule has 98 valence electrons. The Morgan fingerprint density at radius 2 is 1.95 bits per heavy atom. The molecule has 4 nitrogen and oxygen atoms in total. The predicted molar refractivity (Wildman–Crippen MR) is 78.0 cm³/mol. The smallest absolute Gasteiger partial charge is 0.274 e. The van der Waals surface area contributed by atoms with Crippen LogP contribution >= 0.6 is 11.6 Å². The highest BCUT2D eigenvalue weighted by molar-refractivity contribution is 6.29. The van der Waals surface area contributed by atoms with E-state index < -0.39 is 0 Å². The summed E-state index contributed by atoms with van der Waals surface area (Å²) >= 11 is 5.76. The lowest BCUT2D eigenvalue weighted by atomic mass is 10.2. The molecule has 1 heterocycles. The van der Waals surface area contributed by atoms with E-state index in [1.807, 2.05) is 43.3 Å². The fraction of sp³-hybridized carbons (Fsp3) is 0.143. The second kappa shape index (κ2) is 5.71. The van der Waals surface area contributed by atoms with Crippen molar-refractivity contribution in [2.75, 3.05) is 24.3 Å². The quantitative estimate of drug-likeness (QED) is 0.876. The molecule has 1 aromatic heterocycles. The molecule has 1 amide bonds. The summed E-state index contributed by atoms with van der Waals surface area (Å²) < 4.78 is 0. The molecule has 0 unspecified atom stereocenters. The van der Waals surface area contributed by atoms with Crippen LogP contribution in [0.2, 0.25) is 5.15 Å². The van der Waals surface area contributed by atoms with Crippen LogP contribution in [0.3, 0.4) is 0 Å². The summed E-state index contributed by atoms with van der Waals surface area (Å²) in [4.78, 5) is 17.9. The number of amides is 1. The van der Waals surface area contributed by atoms with Crippen LogP contribution in [0.4, 0.5) is 11.4 Å². The molecule has 0 saturated carbocycles. The molecule has 0 aliphatic rings. The molecule has 0 spiro atoms. The van der Waals surface area contributed by atoms with Gasteiger partial charge in [-0.3, -0.25) is 4.79 Å². The molecule has 0 radical (unpaired) electrons. The van der Waals surface area contributed by atoms with E-state index in [1.165, 1.54) is 0 Å². The zero-order valence-electron chi connectivity index (χ0n) is 10.7. The second-order valence-corrected chi connectivity index (χ2v) is 4.63. The molecule has 2 rings (SSSR count). The van der Waals surface area contributed by atoms with E-state index in [-0.39, 0.29) is 5.91 Å². The lowest BCUT2D eigenvalue weighted by molar-refractivity contribution is 0.102. The Kier molecular flexibility index (Phi) is 4.02. The zero-order valence-corrected chi connectivity index (χ0v) is 11.5. The minimum Gasteiger partial charge on any atom is -0.378 e. The average molecular weight is 276 g/mol. The maximum Gasteiger partial charge on any atom is 0.274 e. The first-order valence-corrected chi connectivity index (χ1v) is 6.15. The number of hydrogen-bond acceptors (Lipinski definition) is 3. The van der Waals surface area contributed by atoms with E-state index in [0.717, 1.165) is 11.4 Å². The summed E-state index contributed by atoms with van der Waals surface area (Å²) in [7, 11) is 3.89. The van der Waals surface area contributed by atoms with Crippen LogP contribution in [0.25, 0.3) is 0 Å². The summed E-state index contributed by atoms with van der Waals surface area (Å²) in [6.07, 6.45) is 0. The van der Waals surface area contributed by atoms with E-state index in [0.29, 0.717) is 10.8 Å². The van der Waals surface area contributed by atoms with Crippen LogP contribution in [0.15, 0.2) is 42.5 Å². The average Bonchev–Trinajstić information content (AvgIpc) is 2.39. The van der Waals surface area contributed by atoms with Crippen molar-refractivity contribution in [1.29, 1.82) is 0 Å². The number of carbonyl (C=O) groups excluding carboxylic acids is 1. The number of pyridine rings is 1. The normalized spacial score (nSPS) is 10.1. The van der Waals surface area contributed by atoms with E-state index in [9.17, 15) is 4.79 Å². The molecule has 0 aliphatic carbocycles. The molecular weight excluding hydrogens is 262 g/mol. The van der Waals surface area contributed by atoms with E-state index in [4.69, 9.17) is 11.6 Å². The van der Waals surface area contributed by atoms with Crippen molar-refractivity contribution in [3.8, 4) is 0 Å². The Labute approximate surface area is 117 Å². The van der Waals surface area contributed by atoms with Crippen molar-refractivity contribution in [2.24, 2.45) is 0 Å². The Morgan fingerprint density at radius 1 is 1.21 bits per heavy atom. The number of halogens is 1. The van der Waals surface area contributed by atoms with Gasteiger partial charge in [0.1, 0.15) is 10.8 Å². The van der Waals surface area contributed by atoms with Crippen LogP contribution < -0.4 is 10.2 Å². The van der Waals surface area contributed by atoms with E-state index in [1.54, 1.807) is 18.2 Å². The number of benzene rings is 1. The lowest BCUT2D eigenvalue weighted by Gasteiger charge is -2.13. The van der Waals surface area contributed by atoms with Gasteiger partial charge in [-0.1, -0.05) is 23.7 Å². The molecule has 0 saturated heterocycles. The first-order valence-electron chi connectivity index (χ1n) is 5.77. The largest absolute Gasteiger partial charge is 0.378 e. The maximum absolute atomic E-state index is 12.0. The third-order valence-corrected chi connectivity index (χ3v) is 2.78. The minimum absolute atomic E-state index is 0.279. The molecule has 0 bridgehead atoms. The third kappa shape index (κ3) is 3.45. The predicted octanol–water partition coefficient (Wildman–Crippen LogP) is 3.05.